The van der Waals surface area contributed by atoms with Gasteiger partial charge in [0.1, 0.15) is 4.90 Å². The number of hydrogen-bond donors (Lipinski definition) is 1. The van der Waals surface area contributed by atoms with Gasteiger partial charge in [-0.15, -0.1) is 0 Å². The summed E-state index contributed by atoms with van der Waals surface area (Å²) in [7, 11) is -0.173. The SMILES string of the molecule is CO[C@@H]1C[C@H]2CN(S(=O)(=O)c3cnn(C)c3C)C[C@H]2C[C@H]1NC(C)=O. The summed E-state index contributed by atoms with van der Waals surface area (Å²) in [6, 6.07) is -0.0634. The van der Waals surface area contributed by atoms with Crippen LogP contribution in [0.5, 0.6) is 0 Å². The second-order valence-electron chi connectivity index (χ2n) is 7.11. The molecule has 0 aromatic carbocycles. The fourth-order valence-electron chi connectivity index (χ4n) is 4.11. The van der Waals surface area contributed by atoms with E-state index in [0.717, 1.165) is 12.8 Å². The Bertz CT molecular complexity index is 760. The Balaban J connectivity index is 1.79. The Morgan fingerprint density at radius 3 is 2.48 bits per heavy atom. The van der Waals surface area contributed by atoms with Gasteiger partial charge in [0.2, 0.25) is 15.9 Å². The first-order chi connectivity index (χ1) is 11.7. The van der Waals surface area contributed by atoms with Crippen LogP contribution in [0.2, 0.25) is 0 Å². The number of rotatable bonds is 4. The molecule has 0 unspecified atom stereocenters. The van der Waals surface area contributed by atoms with Crippen molar-refractivity contribution in [2.75, 3.05) is 20.2 Å². The summed E-state index contributed by atoms with van der Waals surface area (Å²) in [4.78, 5) is 11.7. The number of fused-ring (bicyclic) bond motifs is 1. The maximum absolute atomic E-state index is 13.0. The van der Waals surface area contributed by atoms with Crippen LogP contribution >= 0.6 is 0 Å². The lowest BCUT2D eigenvalue weighted by Gasteiger charge is -2.37. The predicted octanol–water partition coefficient (Wildman–Crippen LogP) is 0.279. The zero-order valence-electron chi connectivity index (χ0n) is 15.1. The first kappa shape index (κ1) is 18.3. The van der Waals surface area contributed by atoms with E-state index in [2.05, 4.69) is 10.4 Å². The van der Waals surface area contributed by atoms with Crippen molar-refractivity contribution in [1.29, 1.82) is 0 Å². The maximum atomic E-state index is 13.0. The third-order valence-electron chi connectivity index (χ3n) is 5.58. The summed E-state index contributed by atoms with van der Waals surface area (Å²) >= 11 is 0. The van der Waals surface area contributed by atoms with Gasteiger partial charge in [0.15, 0.2) is 0 Å². The fraction of sp³-hybridized carbons (Fsp3) is 0.750. The lowest BCUT2D eigenvalue weighted by atomic mass is 9.77. The number of ether oxygens (including phenoxy) is 1. The fourth-order valence-corrected chi connectivity index (χ4v) is 5.85. The van der Waals surface area contributed by atoms with E-state index in [1.165, 1.54) is 13.1 Å². The summed E-state index contributed by atoms with van der Waals surface area (Å²) < 4.78 is 34.7. The Kier molecular flexibility index (Phi) is 4.91. The van der Waals surface area contributed by atoms with Crippen molar-refractivity contribution in [2.24, 2.45) is 18.9 Å². The van der Waals surface area contributed by atoms with Crippen LogP contribution in [0.3, 0.4) is 0 Å². The largest absolute Gasteiger partial charge is 0.379 e. The monoisotopic (exact) mass is 370 g/mol. The molecule has 2 heterocycles. The molecule has 140 valence electrons. The smallest absolute Gasteiger partial charge is 0.246 e. The molecular formula is C16H26N4O4S. The van der Waals surface area contributed by atoms with E-state index < -0.39 is 10.0 Å². The van der Waals surface area contributed by atoms with Crippen LogP contribution in [0.1, 0.15) is 25.5 Å². The number of methoxy groups -OCH3 is 1. The molecule has 1 saturated heterocycles. The minimum absolute atomic E-state index is 0.0634. The first-order valence-electron chi connectivity index (χ1n) is 8.52. The van der Waals surface area contributed by atoms with Gasteiger partial charge in [-0.05, 0) is 31.6 Å². The second kappa shape index (κ2) is 6.69. The highest BCUT2D eigenvalue weighted by Crippen LogP contribution is 2.39. The first-order valence-corrected chi connectivity index (χ1v) is 9.96. The highest BCUT2D eigenvalue weighted by atomic mass is 32.2. The Labute approximate surface area is 148 Å². The van der Waals surface area contributed by atoms with Crippen LogP contribution in [0, 0.1) is 18.8 Å². The number of nitrogens with one attached hydrogen (secondary N) is 1. The molecule has 1 amide bonds. The summed E-state index contributed by atoms with van der Waals surface area (Å²) in [5.74, 6) is 0.399. The van der Waals surface area contributed by atoms with Gasteiger partial charge >= 0.3 is 0 Å². The van der Waals surface area contributed by atoms with Gasteiger partial charge < -0.3 is 10.1 Å². The van der Waals surface area contributed by atoms with Gasteiger partial charge in [-0.2, -0.15) is 9.40 Å². The van der Waals surface area contributed by atoms with Crippen molar-refractivity contribution < 1.29 is 17.9 Å². The van der Waals surface area contributed by atoms with Gasteiger partial charge in [-0.3, -0.25) is 9.48 Å². The molecule has 1 N–H and O–H groups in total. The third kappa shape index (κ3) is 3.32. The minimum Gasteiger partial charge on any atom is -0.379 e. The van der Waals surface area contributed by atoms with Crippen LogP contribution in [-0.4, -0.2) is 60.8 Å². The van der Waals surface area contributed by atoms with E-state index in [0.29, 0.717) is 18.8 Å². The quantitative estimate of drug-likeness (QED) is 0.822. The molecule has 1 aliphatic carbocycles. The summed E-state index contributed by atoms with van der Waals surface area (Å²) in [6.45, 7) is 4.23. The van der Waals surface area contributed by atoms with E-state index >= 15 is 0 Å². The Morgan fingerprint density at radius 1 is 1.32 bits per heavy atom. The summed E-state index contributed by atoms with van der Waals surface area (Å²) in [5.41, 5.74) is 0.640. The van der Waals surface area contributed by atoms with Gasteiger partial charge in [-0.25, -0.2) is 8.42 Å². The highest BCUT2D eigenvalue weighted by Gasteiger charge is 2.46. The number of hydrogen-bond acceptors (Lipinski definition) is 5. The molecule has 4 atom stereocenters. The standard InChI is InChI=1S/C16H26N4O4S/c1-10-16(7-17-19(10)3)25(22,23)20-8-12-5-14(18-11(2)21)15(24-4)6-13(12)9-20/h7,12-15H,5-6,8-9H2,1-4H3,(H,18,21)/t12-,13+,14-,15-/m1/s1. The maximum Gasteiger partial charge on any atom is 0.246 e. The zero-order chi connectivity index (χ0) is 18.4. The minimum atomic E-state index is -3.55. The number of carbonyl (C=O) groups excluding carboxylic acids is 1. The van der Waals surface area contributed by atoms with E-state index in [1.807, 2.05) is 0 Å². The number of sulfonamides is 1. The van der Waals surface area contributed by atoms with Crippen molar-refractivity contribution in [3.63, 3.8) is 0 Å². The van der Waals surface area contributed by atoms with Crippen molar-refractivity contribution >= 4 is 15.9 Å². The Hall–Kier alpha value is -1.45. The van der Waals surface area contributed by atoms with Gasteiger partial charge in [0, 0.05) is 34.2 Å². The molecule has 0 bridgehead atoms. The highest BCUT2D eigenvalue weighted by molar-refractivity contribution is 7.89. The predicted molar refractivity (Wildman–Crippen MR) is 91.3 cm³/mol. The molecule has 1 aromatic rings. The second-order valence-corrected chi connectivity index (χ2v) is 9.02. The Morgan fingerprint density at radius 2 is 1.96 bits per heavy atom. The topological polar surface area (TPSA) is 93.5 Å². The number of amides is 1. The van der Waals surface area contributed by atoms with Crippen LogP contribution in [0.15, 0.2) is 11.1 Å². The van der Waals surface area contributed by atoms with Crippen LogP contribution in [0.4, 0.5) is 0 Å². The van der Waals surface area contributed by atoms with Crippen molar-refractivity contribution in [1.82, 2.24) is 19.4 Å². The van der Waals surface area contributed by atoms with Gasteiger partial charge in [0.05, 0.1) is 24.0 Å². The lowest BCUT2D eigenvalue weighted by Crippen LogP contribution is -2.49. The third-order valence-corrected chi connectivity index (χ3v) is 7.52. The molecule has 1 aromatic heterocycles. The number of carbonyl (C=O) groups is 1. The molecule has 3 rings (SSSR count). The van der Waals surface area contributed by atoms with E-state index in [9.17, 15) is 13.2 Å². The summed E-state index contributed by atoms with van der Waals surface area (Å²) in [6.07, 6.45) is 2.84. The van der Waals surface area contributed by atoms with E-state index in [-0.39, 0.29) is 34.8 Å². The molecular weight excluding hydrogens is 344 g/mol. The van der Waals surface area contributed by atoms with Crippen molar-refractivity contribution in [2.45, 2.75) is 43.7 Å². The molecule has 25 heavy (non-hydrogen) atoms. The summed E-state index contributed by atoms with van der Waals surface area (Å²) in [5, 5.41) is 7.01. The molecule has 2 fully saturated rings. The van der Waals surface area contributed by atoms with Crippen molar-refractivity contribution in [3.05, 3.63) is 11.9 Å². The molecule has 0 spiro atoms. The molecule has 8 nitrogen and oxygen atoms in total. The van der Waals surface area contributed by atoms with Gasteiger partial charge in [-0.1, -0.05) is 0 Å². The number of aryl methyl sites for hydroxylation is 1. The zero-order valence-corrected chi connectivity index (χ0v) is 15.9. The average molecular weight is 370 g/mol. The van der Waals surface area contributed by atoms with E-state index in [1.54, 1.807) is 30.1 Å². The average Bonchev–Trinajstić information content (AvgIpc) is 3.10. The molecule has 0 radical (unpaired) electrons. The molecule has 9 heteroatoms. The van der Waals surface area contributed by atoms with Crippen molar-refractivity contribution in [3.8, 4) is 0 Å². The molecule has 2 aliphatic rings. The van der Waals surface area contributed by atoms with Crippen LogP contribution < -0.4 is 5.32 Å². The number of aromatic nitrogens is 2. The van der Waals surface area contributed by atoms with Crippen LogP contribution in [-0.2, 0) is 26.6 Å². The normalized spacial score (nSPS) is 30.2. The van der Waals surface area contributed by atoms with E-state index in [4.69, 9.17) is 4.74 Å². The van der Waals surface area contributed by atoms with Crippen LogP contribution in [0.25, 0.3) is 0 Å². The molecule has 1 saturated carbocycles. The molecule has 1 aliphatic heterocycles. The lowest BCUT2D eigenvalue weighted by molar-refractivity contribution is -0.121. The number of nitrogens with zero attached hydrogens (tertiary/aromatic N) is 3. The van der Waals surface area contributed by atoms with Gasteiger partial charge in [0.25, 0.3) is 0 Å².